The maximum atomic E-state index is 12.4. The molecule has 0 aliphatic heterocycles. The minimum atomic E-state index is -0.254. The van der Waals surface area contributed by atoms with Crippen LogP contribution in [0.4, 0.5) is 5.13 Å². The molecule has 4 aromatic rings. The summed E-state index contributed by atoms with van der Waals surface area (Å²) in [4.78, 5) is 16.9. The summed E-state index contributed by atoms with van der Waals surface area (Å²) in [5.41, 5.74) is 4.94. The van der Waals surface area contributed by atoms with E-state index in [-0.39, 0.29) is 5.91 Å². The fourth-order valence-corrected chi connectivity index (χ4v) is 4.22. The van der Waals surface area contributed by atoms with Gasteiger partial charge in [-0.15, -0.1) is 11.3 Å². The highest BCUT2D eigenvalue weighted by Crippen LogP contribution is 2.30. The monoisotopic (exact) mass is 534 g/mol. The molecule has 0 unspecified atom stereocenters. The zero-order chi connectivity index (χ0) is 23.9. The molecule has 1 amide bonds. The van der Waals surface area contributed by atoms with Gasteiger partial charge in [-0.1, -0.05) is 58.4 Å². The van der Waals surface area contributed by atoms with Gasteiger partial charge >= 0.3 is 0 Å². The van der Waals surface area contributed by atoms with Gasteiger partial charge in [0.25, 0.3) is 0 Å². The van der Waals surface area contributed by atoms with Gasteiger partial charge in [0.1, 0.15) is 6.61 Å². The topological polar surface area (TPSA) is 60.5 Å². The van der Waals surface area contributed by atoms with Gasteiger partial charge in [-0.25, -0.2) is 4.98 Å². The number of hydrogen-bond donors (Lipinski definition) is 1. The van der Waals surface area contributed by atoms with E-state index in [1.165, 1.54) is 23.0 Å². The average Bonchev–Trinajstić information content (AvgIpc) is 3.31. The van der Waals surface area contributed by atoms with Gasteiger partial charge in [-0.3, -0.25) is 10.1 Å². The molecule has 172 valence electrons. The second-order valence-electron chi connectivity index (χ2n) is 7.49. The Hall–Kier alpha value is -3.42. The van der Waals surface area contributed by atoms with Crippen molar-refractivity contribution in [3.8, 4) is 22.8 Å². The molecular formula is C27H23BrN2O3S. The predicted molar refractivity (Wildman–Crippen MR) is 141 cm³/mol. The smallest absolute Gasteiger partial charge is 0.250 e. The summed E-state index contributed by atoms with van der Waals surface area (Å²) in [6, 6.07) is 21.6. The summed E-state index contributed by atoms with van der Waals surface area (Å²) in [6.45, 7) is 2.51. The molecule has 1 aromatic heterocycles. The Morgan fingerprint density at radius 3 is 2.65 bits per heavy atom. The molecule has 0 atom stereocenters. The van der Waals surface area contributed by atoms with E-state index >= 15 is 0 Å². The van der Waals surface area contributed by atoms with Crippen LogP contribution >= 0.6 is 27.3 Å². The van der Waals surface area contributed by atoms with E-state index in [2.05, 4.69) is 39.2 Å². The Bertz CT molecular complexity index is 1320. The summed E-state index contributed by atoms with van der Waals surface area (Å²) in [7, 11) is 1.60. The van der Waals surface area contributed by atoms with Gasteiger partial charge in [-0.2, -0.15) is 0 Å². The Labute approximate surface area is 211 Å². The number of carbonyl (C=O) groups is 1. The van der Waals surface area contributed by atoms with Crippen molar-refractivity contribution in [2.24, 2.45) is 0 Å². The van der Waals surface area contributed by atoms with Gasteiger partial charge in [0, 0.05) is 21.5 Å². The summed E-state index contributed by atoms with van der Waals surface area (Å²) >= 11 is 4.81. The number of halogens is 1. The van der Waals surface area contributed by atoms with E-state index in [9.17, 15) is 4.79 Å². The standard InChI is InChI=1S/C27H23BrN2O3S/c1-18-5-3-4-6-21(18)16-33-24-13-7-19(15-25(24)32-2)8-14-26(31)30-27-29-23(17-34-27)20-9-11-22(28)12-10-20/h3-15,17H,16H2,1-2H3,(H,29,30,31). The Balaban J connectivity index is 1.38. The molecule has 0 fully saturated rings. The predicted octanol–water partition coefficient (Wildman–Crippen LogP) is 7.12. The second-order valence-corrected chi connectivity index (χ2v) is 9.27. The van der Waals surface area contributed by atoms with Crippen molar-refractivity contribution in [3.05, 3.63) is 99.3 Å². The van der Waals surface area contributed by atoms with Crippen molar-refractivity contribution in [3.63, 3.8) is 0 Å². The minimum Gasteiger partial charge on any atom is -0.493 e. The average molecular weight is 535 g/mol. The number of anilines is 1. The Morgan fingerprint density at radius 2 is 1.88 bits per heavy atom. The molecule has 1 N–H and O–H groups in total. The van der Waals surface area contributed by atoms with Gasteiger partial charge < -0.3 is 9.47 Å². The molecule has 0 aliphatic rings. The summed E-state index contributed by atoms with van der Waals surface area (Å²) in [6.07, 6.45) is 3.20. The van der Waals surface area contributed by atoms with Crippen molar-refractivity contribution in [2.75, 3.05) is 12.4 Å². The highest BCUT2D eigenvalue weighted by atomic mass is 79.9. The summed E-state index contributed by atoms with van der Waals surface area (Å²) < 4.78 is 12.5. The van der Waals surface area contributed by atoms with Crippen LogP contribution in [-0.2, 0) is 11.4 Å². The second kappa shape index (κ2) is 11.1. The maximum Gasteiger partial charge on any atom is 0.250 e. The van der Waals surface area contributed by atoms with Gasteiger partial charge in [0.05, 0.1) is 12.8 Å². The molecule has 3 aromatic carbocycles. The third-order valence-corrected chi connectivity index (χ3v) is 6.42. The van der Waals surface area contributed by atoms with E-state index in [0.29, 0.717) is 23.2 Å². The molecule has 4 rings (SSSR count). The first-order valence-corrected chi connectivity index (χ1v) is 12.2. The van der Waals surface area contributed by atoms with E-state index in [1.54, 1.807) is 13.2 Å². The number of thiazole rings is 1. The maximum absolute atomic E-state index is 12.4. The van der Waals surface area contributed by atoms with Gasteiger partial charge in [-0.05, 0) is 54.0 Å². The van der Waals surface area contributed by atoms with Crippen LogP contribution in [0, 0.1) is 6.92 Å². The van der Waals surface area contributed by atoms with Crippen molar-refractivity contribution in [1.29, 1.82) is 0 Å². The first-order valence-electron chi connectivity index (χ1n) is 10.6. The molecule has 0 aliphatic carbocycles. The zero-order valence-electron chi connectivity index (χ0n) is 18.7. The highest BCUT2D eigenvalue weighted by molar-refractivity contribution is 9.10. The molecule has 7 heteroatoms. The normalized spacial score (nSPS) is 10.9. The van der Waals surface area contributed by atoms with Crippen LogP contribution in [0.1, 0.15) is 16.7 Å². The van der Waals surface area contributed by atoms with Crippen molar-refractivity contribution < 1.29 is 14.3 Å². The lowest BCUT2D eigenvalue weighted by atomic mass is 10.1. The van der Waals surface area contributed by atoms with Crippen LogP contribution < -0.4 is 14.8 Å². The van der Waals surface area contributed by atoms with Crippen molar-refractivity contribution >= 4 is 44.4 Å². The quantitative estimate of drug-likeness (QED) is 0.244. The number of ether oxygens (including phenoxy) is 2. The Morgan fingerprint density at radius 1 is 1.09 bits per heavy atom. The summed E-state index contributed by atoms with van der Waals surface area (Å²) in [5, 5.41) is 5.28. The van der Waals surface area contributed by atoms with E-state index in [0.717, 1.165) is 26.9 Å². The molecule has 0 spiro atoms. The van der Waals surface area contributed by atoms with Crippen LogP contribution in [0.3, 0.4) is 0 Å². The minimum absolute atomic E-state index is 0.254. The lowest BCUT2D eigenvalue weighted by Crippen LogP contribution is -2.07. The zero-order valence-corrected chi connectivity index (χ0v) is 21.2. The number of aryl methyl sites for hydroxylation is 1. The van der Waals surface area contributed by atoms with Gasteiger partial charge in [0.15, 0.2) is 16.6 Å². The molecular weight excluding hydrogens is 512 g/mol. The lowest BCUT2D eigenvalue weighted by Gasteiger charge is -2.12. The molecule has 0 radical (unpaired) electrons. The number of methoxy groups -OCH3 is 1. The molecule has 0 saturated heterocycles. The van der Waals surface area contributed by atoms with Crippen molar-refractivity contribution in [2.45, 2.75) is 13.5 Å². The molecule has 0 saturated carbocycles. The molecule has 5 nitrogen and oxygen atoms in total. The van der Waals surface area contributed by atoms with Crippen LogP contribution in [0.5, 0.6) is 11.5 Å². The number of amides is 1. The number of rotatable bonds is 8. The fraction of sp³-hybridized carbons (Fsp3) is 0.111. The number of aromatic nitrogens is 1. The SMILES string of the molecule is COc1cc(C=CC(=O)Nc2nc(-c3ccc(Br)cc3)cs2)ccc1OCc1ccccc1C. The van der Waals surface area contributed by atoms with Crippen LogP contribution in [-0.4, -0.2) is 18.0 Å². The van der Waals surface area contributed by atoms with Crippen LogP contribution in [0.15, 0.2) is 82.7 Å². The van der Waals surface area contributed by atoms with Crippen LogP contribution in [0.25, 0.3) is 17.3 Å². The number of benzene rings is 3. The van der Waals surface area contributed by atoms with Gasteiger partial charge in [0.2, 0.25) is 5.91 Å². The molecule has 34 heavy (non-hydrogen) atoms. The number of nitrogens with zero attached hydrogens (tertiary/aromatic N) is 1. The first-order chi connectivity index (χ1) is 16.5. The number of hydrogen-bond acceptors (Lipinski definition) is 5. The fourth-order valence-electron chi connectivity index (χ4n) is 3.24. The molecule has 0 bridgehead atoms. The Kier molecular flexibility index (Phi) is 7.77. The lowest BCUT2D eigenvalue weighted by molar-refractivity contribution is -0.111. The van der Waals surface area contributed by atoms with E-state index in [1.807, 2.05) is 66.0 Å². The van der Waals surface area contributed by atoms with E-state index < -0.39 is 0 Å². The van der Waals surface area contributed by atoms with Crippen molar-refractivity contribution in [1.82, 2.24) is 4.98 Å². The highest BCUT2D eigenvalue weighted by Gasteiger charge is 2.08. The number of nitrogens with one attached hydrogen (secondary N) is 1. The summed E-state index contributed by atoms with van der Waals surface area (Å²) in [5.74, 6) is 1.00. The van der Waals surface area contributed by atoms with E-state index in [4.69, 9.17) is 9.47 Å². The third-order valence-electron chi connectivity index (χ3n) is 5.13. The number of carbonyl (C=O) groups excluding carboxylic acids is 1. The van der Waals surface area contributed by atoms with Crippen LogP contribution in [0.2, 0.25) is 0 Å². The third kappa shape index (κ3) is 6.12. The first kappa shape index (κ1) is 23.7. The molecule has 1 heterocycles. The largest absolute Gasteiger partial charge is 0.493 e.